The summed E-state index contributed by atoms with van der Waals surface area (Å²) in [7, 11) is 0. The highest BCUT2D eigenvalue weighted by atomic mass is 19.1. The third-order valence-electron chi connectivity index (χ3n) is 2.31. The topological polar surface area (TPSA) is 75.1 Å². The Bertz CT molecular complexity index is 463. The number of H-pyrrole nitrogens is 1. The van der Waals surface area contributed by atoms with Crippen molar-refractivity contribution < 1.29 is 9.50 Å². The van der Waals surface area contributed by atoms with Crippen LogP contribution in [0.4, 0.5) is 4.39 Å². The first-order valence-electron chi connectivity index (χ1n) is 4.69. The lowest BCUT2D eigenvalue weighted by Gasteiger charge is -2.12. The zero-order valence-electron chi connectivity index (χ0n) is 8.58. The number of rotatable bonds is 3. The van der Waals surface area contributed by atoms with Crippen LogP contribution in [0.2, 0.25) is 0 Å². The first-order chi connectivity index (χ1) is 6.97. The normalized spacial score (nSPS) is 12.7. The van der Waals surface area contributed by atoms with Gasteiger partial charge in [0.05, 0.1) is 0 Å². The van der Waals surface area contributed by atoms with Crippen molar-refractivity contribution in [2.45, 2.75) is 26.8 Å². The molecule has 2 N–H and O–H groups in total. The Morgan fingerprint density at radius 3 is 2.67 bits per heavy atom. The molecule has 1 unspecified atom stereocenters. The Hall–Kier alpha value is -1.59. The molecule has 0 amide bonds. The fourth-order valence-corrected chi connectivity index (χ4v) is 1.15. The molecule has 0 spiro atoms. The summed E-state index contributed by atoms with van der Waals surface area (Å²) < 4.78 is 13.8. The van der Waals surface area contributed by atoms with Crippen molar-refractivity contribution in [3.63, 3.8) is 0 Å². The molecule has 0 saturated carbocycles. The number of aromatic nitrogens is 2. The van der Waals surface area contributed by atoms with E-state index in [1.54, 1.807) is 4.98 Å². The quantitative estimate of drug-likeness (QED) is 0.769. The summed E-state index contributed by atoms with van der Waals surface area (Å²) in [5, 5.41) is 9.27. The van der Waals surface area contributed by atoms with E-state index in [1.807, 2.05) is 13.8 Å². The first kappa shape index (κ1) is 11.5. The molecule has 84 valence electrons. The molecule has 1 aromatic heterocycles. The minimum atomic E-state index is -1.32. The van der Waals surface area contributed by atoms with Gasteiger partial charge in [0.1, 0.15) is 0 Å². The smallest absolute Gasteiger partial charge is 0.331 e. The second-order valence-electron chi connectivity index (χ2n) is 3.52. The van der Waals surface area contributed by atoms with Gasteiger partial charge in [0.25, 0.3) is 5.56 Å². The lowest BCUT2D eigenvalue weighted by atomic mass is 10.1. The molecule has 1 atom stereocenters. The van der Waals surface area contributed by atoms with Crippen LogP contribution in [-0.2, 0) is 6.54 Å². The third-order valence-corrected chi connectivity index (χ3v) is 2.31. The number of nitrogens with one attached hydrogen (secondary N) is 1. The maximum atomic E-state index is 13.0. The molecule has 0 aliphatic heterocycles. The Labute approximate surface area is 85.2 Å². The average molecular weight is 216 g/mol. The SMILES string of the molecule is CCC(C)Cn1c(O)c(F)c(=O)[nH]c1=O. The summed E-state index contributed by atoms with van der Waals surface area (Å²) in [6, 6.07) is 0. The van der Waals surface area contributed by atoms with Gasteiger partial charge in [0.2, 0.25) is 11.7 Å². The van der Waals surface area contributed by atoms with Gasteiger partial charge in [-0.25, -0.2) is 4.79 Å². The summed E-state index contributed by atoms with van der Waals surface area (Å²) in [5.74, 6) is -2.11. The Morgan fingerprint density at radius 1 is 1.53 bits per heavy atom. The molecule has 0 saturated heterocycles. The maximum absolute atomic E-state index is 13.0. The highest BCUT2D eigenvalue weighted by Crippen LogP contribution is 2.11. The zero-order chi connectivity index (χ0) is 11.6. The van der Waals surface area contributed by atoms with Crippen LogP contribution in [0.1, 0.15) is 20.3 Å². The van der Waals surface area contributed by atoms with E-state index in [2.05, 4.69) is 0 Å². The summed E-state index contributed by atoms with van der Waals surface area (Å²) in [6.45, 7) is 3.94. The molecule has 0 radical (unpaired) electrons. The van der Waals surface area contributed by atoms with E-state index in [4.69, 9.17) is 0 Å². The molecule has 0 aromatic carbocycles. The zero-order valence-corrected chi connectivity index (χ0v) is 8.58. The van der Waals surface area contributed by atoms with E-state index in [9.17, 15) is 19.1 Å². The summed E-state index contributed by atoms with van der Waals surface area (Å²) >= 11 is 0. The van der Waals surface area contributed by atoms with Crippen LogP contribution in [0.3, 0.4) is 0 Å². The van der Waals surface area contributed by atoms with Gasteiger partial charge in [0.15, 0.2) is 0 Å². The predicted molar refractivity (Wildman–Crippen MR) is 52.4 cm³/mol. The van der Waals surface area contributed by atoms with E-state index < -0.39 is 22.9 Å². The molecule has 5 nitrogen and oxygen atoms in total. The number of halogens is 1. The minimum absolute atomic E-state index is 0.110. The van der Waals surface area contributed by atoms with E-state index in [0.717, 1.165) is 11.0 Å². The largest absolute Gasteiger partial charge is 0.492 e. The van der Waals surface area contributed by atoms with Crippen molar-refractivity contribution in [3.05, 3.63) is 26.7 Å². The van der Waals surface area contributed by atoms with Gasteiger partial charge < -0.3 is 5.11 Å². The monoisotopic (exact) mass is 216 g/mol. The Morgan fingerprint density at radius 2 is 2.13 bits per heavy atom. The van der Waals surface area contributed by atoms with Crippen LogP contribution in [0.25, 0.3) is 0 Å². The van der Waals surface area contributed by atoms with Crippen LogP contribution in [0, 0.1) is 11.7 Å². The molecule has 1 rings (SSSR count). The van der Waals surface area contributed by atoms with Crippen LogP contribution in [0.5, 0.6) is 5.88 Å². The van der Waals surface area contributed by atoms with Crippen molar-refractivity contribution in [3.8, 4) is 5.88 Å². The molecular formula is C9H13FN2O3. The third kappa shape index (κ3) is 2.26. The van der Waals surface area contributed by atoms with Crippen LogP contribution in [0.15, 0.2) is 9.59 Å². The molecule has 0 aliphatic rings. The van der Waals surface area contributed by atoms with Gasteiger partial charge >= 0.3 is 5.69 Å². The minimum Gasteiger partial charge on any atom is -0.492 e. The van der Waals surface area contributed by atoms with Gasteiger partial charge in [-0.15, -0.1) is 0 Å². The maximum Gasteiger partial charge on any atom is 0.331 e. The van der Waals surface area contributed by atoms with E-state index in [1.165, 1.54) is 0 Å². The van der Waals surface area contributed by atoms with E-state index in [-0.39, 0.29) is 12.5 Å². The number of aromatic amines is 1. The predicted octanol–water partition coefficient (Wildman–Crippen LogP) is 0.427. The standard InChI is InChI=1S/C9H13FN2O3/c1-3-5(2)4-12-8(14)6(10)7(13)11-9(12)15/h5,14H,3-4H2,1-2H3,(H,11,13,15). The van der Waals surface area contributed by atoms with Gasteiger partial charge in [-0.1, -0.05) is 20.3 Å². The Kier molecular flexibility index (Phi) is 3.28. The molecule has 6 heteroatoms. The molecule has 15 heavy (non-hydrogen) atoms. The fraction of sp³-hybridized carbons (Fsp3) is 0.556. The summed E-state index contributed by atoms with van der Waals surface area (Å²) in [6.07, 6.45) is 0.784. The fourth-order valence-electron chi connectivity index (χ4n) is 1.15. The molecule has 0 aliphatic carbocycles. The van der Waals surface area contributed by atoms with Gasteiger partial charge in [-0.2, -0.15) is 4.39 Å². The van der Waals surface area contributed by atoms with E-state index >= 15 is 0 Å². The van der Waals surface area contributed by atoms with Crippen LogP contribution in [-0.4, -0.2) is 14.7 Å². The van der Waals surface area contributed by atoms with Crippen molar-refractivity contribution in [2.24, 2.45) is 5.92 Å². The first-order valence-corrected chi connectivity index (χ1v) is 4.69. The number of aromatic hydroxyl groups is 1. The van der Waals surface area contributed by atoms with Crippen LogP contribution < -0.4 is 11.2 Å². The second kappa shape index (κ2) is 4.29. The van der Waals surface area contributed by atoms with Gasteiger partial charge in [-0.3, -0.25) is 14.3 Å². The van der Waals surface area contributed by atoms with Gasteiger partial charge in [0, 0.05) is 6.54 Å². The van der Waals surface area contributed by atoms with Crippen molar-refractivity contribution >= 4 is 0 Å². The van der Waals surface area contributed by atoms with Crippen molar-refractivity contribution in [1.29, 1.82) is 0 Å². The van der Waals surface area contributed by atoms with E-state index in [0.29, 0.717) is 0 Å². The number of nitrogens with zero attached hydrogens (tertiary/aromatic N) is 1. The second-order valence-corrected chi connectivity index (χ2v) is 3.52. The lowest BCUT2D eigenvalue weighted by Crippen LogP contribution is -2.33. The average Bonchev–Trinajstić information content (AvgIpc) is 2.21. The van der Waals surface area contributed by atoms with Crippen LogP contribution >= 0.6 is 0 Å². The van der Waals surface area contributed by atoms with Crippen molar-refractivity contribution in [2.75, 3.05) is 0 Å². The molecule has 1 aromatic rings. The van der Waals surface area contributed by atoms with Gasteiger partial charge in [-0.05, 0) is 5.92 Å². The molecule has 1 heterocycles. The van der Waals surface area contributed by atoms with Crippen molar-refractivity contribution in [1.82, 2.24) is 9.55 Å². The Balaban J connectivity index is 3.24. The number of hydrogen-bond acceptors (Lipinski definition) is 3. The summed E-state index contributed by atoms with van der Waals surface area (Å²) in [5.41, 5.74) is -1.99. The summed E-state index contributed by atoms with van der Waals surface area (Å²) in [4.78, 5) is 23.8. The molecule has 0 bridgehead atoms. The molecule has 0 fully saturated rings. The highest BCUT2D eigenvalue weighted by Gasteiger charge is 2.14. The number of hydrogen-bond donors (Lipinski definition) is 2. The highest BCUT2D eigenvalue weighted by molar-refractivity contribution is 5.09. The lowest BCUT2D eigenvalue weighted by molar-refractivity contribution is 0.335. The molecular weight excluding hydrogens is 203 g/mol.